The van der Waals surface area contributed by atoms with Gasteiger partial charge >= 0.3 is 11.9 Å². The first-order valence-electron chi connectivity index (χ1n) is 7.61. The summed E-state index contributed by atoms with van der Waals surface area (Å²) < 4.78 is 10.0. The Labute approximate surface area is 115 Å². The first kappa shape index (κ1) is 16.0. The van der Waals surface area contributed by atoms with Gasteiger partial charge < -0.3 is 9.47 Å². The minimum absolute atomic E-state index is 0.0849. The molecule has 1 fully saturated rings. The van der Waals surface area contributed by atoms with Crippen LogP contribution in [0.15, 0.2) is 0 Å². The van der Waals surface area contributed by atoms with E-state index >= 15 is 0 Å². The van der Waals surface area contributed by atoms with E-state index in [1.165, 1.54) is 19.3 Å². The topological polar surface area (TPSA) is 52.6 Å². The first-order valence-corrected chi connectivity index (χ1v) is 7.61. The number of esters is 2. The van der Waals surface area contributed by atoms with E-state index in [1.54, 1.807) is 0 Å². The Kier molecular flexibility index (Phi) is 8.26. The molecular weight excluding hydrogens is 244 g/mol. The molecule has 0 heterocycles. The van der Waals surface area contributed by atoms with E-state index in [-0.39, 0.29) is 6.10 Å². The highest BCUT2D eigenvalue weighted by molar-refractivity contribution is 6.29. The van der Waals surface area contributed by atoms with Crippen LogP contribution in [-0.2, 0) is 19.1 Å². The zero-order valence-electron chi connectivity index (χ0n) is 12.0. The molecule has 1 aliphatic carbocycles. The van der Waals surface area contributed by atoms with Crippen molar-refractivity contribution in [3.63, 3.8) is 0 Å². The average Bonchev–Trinajstić information content (AvgIpc) is 2.43. The predicted octanol–water partition coefficient (Wildman–Crippen LogP) is 3.38. The van der Waals surface area contributed by atoms with Crippen molar-refractivity contribution < 1.29 is 19.1 Å². The van der Waals surface area contributed by atoms with Gasteiger partial charge in [-0.15, -0.1) is 0 Å². The van der Waals surface area contributed by atoms with Crippen LogP contribution in [0.25, 0.3) is 0 Å². The molecule has 1 aliphatic rings. The van der Waals surface area contributed by atoms with E-state index < -0.39 is 11.9 Å². The Balaban J connectivity index is 2.06. The van der Waals surface area contributed by atoms with Crippen LogP contribution in [0.4, 0.5) is 0 Å². The molecule has 1 saturated carbocycles. The summed E-state index contributed by atoms with van der Waals surface area (Å²) in [4.78, 5) is 22.9. The summed E-state index contributed by atoms with van der Waals surface area (Å²) >= 11 is 0. The maximum absolute atomic E-state index is 11.5. The van der Waals surface area contributed by atoms with Gasteiger partial charge in [0, 0.05) is 0 Å². The van der Waals surface area contributed by atoms with Crippen LogP contribution in [0.2, 0.25) is 0 Å². The number of carbonyl (C=O) groups excluding carboxylic acids is 2. The van der Waals surface area contributed by atoms with E-state index in [2.05, 4.69) is 6.92 Å². The highest BCUT2D eigenvalue weighted by atomic mass is 16.6. The summed E-state index contributed by atoms with van der Waals surface area (Å²) in [5, 5.41) is 0. The summed E-state index contributed by atoms with van der Waals surface area (Å²) in [7, 11) is 0. The van der Waals surface area contributed by atoms with E-state index in [0.717, 1.165) is 44.9 Å². The molecule has 0 aliphatic heterocycles. The van der Waals surface area contributed by atoms with E-state index in [9.17, 15) is 9.59 Å². The molecule has 1 rings (SSSR count). The third-order valence-corrected chi connectivity index (χ3v) is 3.47. The fourth-order valence-corrected chi connectivity index (χ4v) is 2.31. The lowest BCUT2D eigenvalue weighted by Crippen LogP contribution is -2.27. The van der Waals surface area contributed by atoms with E-state index in [4.69, 9.17) is 9.47 Å². The number of carbonyl (C=O) groups is 2. The smallest absolute Gasteiger partial charge is 0.417 e. The van der Waals surface area contributed by atoms with Crippen LogP contribution >= 0.6 is 0 Å². The molecule has 0 aromatic carbocycles. The second-order valence-corrected chi connectivity index (χ2v) is 5.22. The van der Waals surface area contributed by atoms with Gasteiger partial charge in [-0.1, -0.05) is 39.0 Å². The molecule has 4 nitrogen and oxygen atoms in total. The Bertz CT molecular complexity index is 269. The van der Waals surface area contributed by atoms with Crippen LogP contribution in [0, 0.1) is 0 Å². The quantitative estimate of drug-likeness (QED) is 0.404. The largest absolute Gasteiger partial charge is 0.457 e. The van der Waals surface area contributed by atoms with Crippen LogP contribution in [0.3, 0.4) is 0 Å². The average molecular weight is 270 g/mol. The van der Waals surface area contributed by atoms with Gasteiger partial charge in [0.15, 0.2) is 0 Å². The number of hydrogen-bond donors (Lipinski definition) is 0. The van der Waals surface area contributed by atoms with Crippen molar-refractivity contribution in [1.29, 1.82) is 0 Å². The van der Waals surface area contributed by atoms with Gasteiger partial charge in [0.2, 0.25) is 0 Å². The van der Waals surface area contributed by atoms with Gasteiger partial charge in [0.1, 0.15) is 6.10 Å². The van der Waals surface area contributed by atoms with E-state index in [0.29, 0.717) is 6.61 Å². The molecule has 0 bridgehead atoms. The molecule has 0 unspecified atom stereocenters. The standard InChI is InChI=1S/C15H26O4/c1-2-3-4-5-9-12-18-14(16)15(17)19-13-10-7-6-8-11-13/h13H,2-12H2,1H3. The molecule has 0 amide bonds. The first-order chi connectivity index (χ1) is 9.24. The van der Waals surface area contributed by atoms with Crippen molar-refractivity contribution in [3.8, 4) is 0 Å². The lowest BCUT2D eigenvalue weighted by Gasteiger charge is -2.21. The Morgan fingerprint density at radius 3 is 2.32 bits per heavy atom. The molecule has 0 aromatic rings. The molecule has 0 spiro atoms. The van der Waals surface area contributed by atoms with Crippen LogP contribution in [0.1, 0.15) is 71.1 Å². The molecule has 0 atom stereocenters. The van der Waals surface area contributed by atoms with Crippen molar-refractivity contribution in [1.82, 2.24) is 0 Å². The minimum Gasteiger partial charge on any atom is -0.457 e. The van der Waals surface area contributed by atoms with E-state index in [1.807, 2.05) is 0 Å². The van der Waals surface area contributed by atoms with Gasteiger partial charge in [-0.05, 0) is 32.1 Å². The highest BCUT2D eigenvalue weighted by Crippen LogP contribution is 2.20. The molecule has 0 N–H and O–H groups in total. The van der Waals surface area contributed by atoms with Crippen LogP contribution in [0.5, 0.6) is 0 Å². The minimum atomic E-state index is -0.832. The van der Waals surface area contributed by atoms with Crippen molar-refractivity contribution in [2.24, 2.45) is 0 Å². The number of rotatable bonds is 7. The highest BCUT2D eigenvalue weighted by Gasteiger charge is 2.23. The van der Waals surface area contributed by atoms with Gasteiger partial charge in [-0.2, -0.15) is 0 Å². The normalized spacial score (nSPS) is 16.1. The molecule has 19 heavy (non-hydrogen) atoms. The Morgan fingerprint density at radius 1 is 0.947 bits per heavy atom. The second kappa shape index (κ2) is 9.82. The summed E-state index contributed by atoms with van der Waals surface area (Å²) in [6.45, 7) is 2.48. The maximum atomic E-state index is 11.5. The Hall–Kier alpha value is -1.06. The van der Waals surface area contributed by atoms with Crippen molar-refractivity contribution in [2.75, 3.05) is 6.61 Å². The number of unbranched alkanes of at least 4 members (excludes halogenated alkanes) is 4. The second-order valence-electron chi connectivity index (χ2n) is 5.22. The molecule has 4 heteroatoms. The van der Waals surface area contributed by atoms with Gasteiger partial charge in [-0.25, -0.2) is 9.59 Å². The maximum Gasteiger partial charge on any atom is 0.417 e. The lowest BCUT2D eigenvalue weighted by molar-refractivity contribution is -0.171. The SMILES string of the molecule is CCCCCCCOC(=O)C(=O)OC1CCCCC1. The van der Waals surface area contributed by atoms with Crippen molar-refractivity contribution in [2.45, 2.75) is 77.2 Å². The van der Waals surface area contributed by atoms with Crippen LogP contribution in [-0.4, -0.2) is 24.6 Å². The molecule has 0 aromatic heterocycles. The summed E-state index contributed by atoms with van der Waals surface area (Å²) in [5.41, 5.74) is 0. The fourth-order valence-electron chi connectivity index (χ4n) is 2.31. The predicted molar refractivity (Wildman–Crippen MR) is 72.7 cm³/mol. The molecule has 0 saturated heterocycles. The van der Waals surface area contributed by atoms with Crippen molar-refractivity contribution in [3.05, 3.63) is 0 Å². The zero-order valence-corrected chi connectivity index (χ0v) is 12.0. The lowest BCUT2D eigenvalue weighted by atomic mass is 9.98. The molecule has 110 valence electrons. The third kappa shape index (κ3) is 7.19. The zero-order chi connectivity index (χ0) is 13.9. The number of hydrogen-bond acceptors (Lipinski definition) is 4. The Morgan fingerprint density at radius 2 is 1.63 bits per heavy atom. The van der Waals surface area contributed by atoms with Crippen molar-refractivity contribution >= 4 is 11.9 Å². The van der Waals surface area contributed by atoms with Gasteiger partial charge in [0.05, 0.1) is 6.61 Å². The third-order valence-electron chi connectivity index (χ3n) is 3.47. The number of ether oxygens (including phenoxy) is 2. The summed E-state index contributed by atoms with van der Waals surface area (Å²) in [6, 6.07) is 0. The van der Waals surface area contributed by atoms with Gasteiger partial charge in [0.25, 0.3) is 0 Å². The van der Waals surface area contributed by atoms with Gasteiger partial charge in [-0.3, -0.25) is 0 Å². The van der Waals surface area contributed by atoms with Crippen LogP contribution < -0.4 is 0 Å². The molecule has 0 radical (unpaired) electrons. The fraction of sp³-hybridized carbons (Fsp3) is 0.867. The molecular formula is C15H26O4. The summed E-state index contributed by atoms with van der Waals surface area (Å²) in [6.07, 6.45) is 10.4. The monoisotopic (exact) mass is 270 g/mol. The summed E-state index contributed by atoms with van der Waals surface area (Å²) in [5.74, 6) is -1.65.